The molecule has 0 aromatic carbocycles. The maximum Gasteiger partial charge on any atom is 0.244 e. The van der Waals surface area contributed by atoms with Crippen LogP contribution in [0.5, 0.6) is 0 Å². The van der Waals surface area contributed by atoms with Crippen molar-refractivity contribution in [2.75, 3.05) is 6.26 Å². The van der Waals surface area contributed by atoms with Crippen molar-refractivity contribution in [1.29, 1.82) is 0 Å². The maximum atomic E-state index is 10.5. The van der Waals surface area contributed by atoms with E-state index in [-0.39, 0.29) is 0 Å². The molecule has 0 bridgehead atoms. The SMILES string of the molecule is CS(=O)(=O)N/N=C/c1cnc[nH]1. The van der Waals surface area contributed by atoms with Gasteiger partial charge < -0.3 is 4.98 Å². The number of nitrogens with one attached hydrogen (secondary N) is 2. The summed E-state index contributed by atoms with van der Waals surface area (Å²) in [5.41, 5.74) is 0.631. The van der Waals surface area contributed by atoms with Gasteiger partial charge >= 0.3 is 0 Å². The van der Waals surface area contributed by atoms with E-state index < -0.39 is 10.0 Å². The topological polar surface area (TPSA) is 87.2 Å². The van der Waals surface area contributed by atoms with Gasteiger partial charge in [-0.25, -0.2) is 18.2 Å². The molecule has 6 nitrogen and oxygen atoms in total. The average Bonchev–Trinajstić information content (AvgIpc) is 2.36. The molecule has 12 heavy (non-hydrogen) atoms. The molecule has 0 amide bonds. The lowest BCUT2D eigenvalue weighted by Crippen LogP contribution is -2.15. The molecule has 66 valence electrons. The van der Waals surface area contributed by atoms with Crippen molar-refractivity contribution in [2.45, 2.75) is 0 Å². The first-order chi connectivity index (χ1) is 5.58. The fourth-order valence-electron chi connectivity index (χ4n) is 0.529. The van der Waals surface area contributed by atoms with Crippen LogP contribution in [0.2, 0.25) is 0 Å². The van der Waals surface area contributed by atoms with E-state index in [0.717, 1.165) is 6.26 Å². The minimum Gasteiger partial charge on any atom is -0.344 e. The second-order valence-corrected chi connectivity index (χ2v) is 3.86. The zero-order valence-corrected chi connectivity index (χ0v) is 7.17. The van der Waals surface area contributed by atoms with Crippen molar-refractivity contribution in [1.82, 2.24) is 14.8 Å². The third-order valence-electron chi connectivity index (χ3n) is 0.942. The molecule has 0 aliphatic carbocycles. The normalized spacial score (nSPS) is 12.1. The van der Waals surface area contributed by atoms with Gasteiger partial charge in [-0.3, -0.25) is 0 Å². The van der Waals surface area contributed by atoms with E-state index in [9.17, 15) is 8.42 Å². The fraction of sp³-hybridized carbons (Fsp3) is 0.200. The number of H-pyrrole nitrogens is 1. The van der Waals surface area contributed by atoms with Gasteiger partial charge in [0.2, 0.25) is 10.0 Å². The average molecular weight is 188 g/mol. The molecule has 0 aliphatic heterocycles. The number of aromatic amines is 1. The van der Waals surface area contributed by atoms with Crippen LogP contribution in [0.25, 0.3) is 0 Å². The van der Waals surface area contributed by atoms with Gasteiger partial charge in [0, 0.05) is 0 Å². The summed E-state index contributed by atoms with van der Waals surface area (Å²) in [7, 11) is -3.26. The van der Waals surface area contributed by atoms with Gasteiger partial charge in [0.25, 0.3) is 0 Å². The van der Waals surface area contributed by atoms with Crippen LogP contribution in [0.1, 0.15) is 5.69 Å². The largest absolute Gasteiger partial charge is 0.344 e. The van der Waals surface area contributed by atoms with Crippen molar-refractivity contribution in [2.24, 2.45) is 5.10 Å². The van der Waals surface area contributed by atoms with Gasteiger partial charge in [-0.2, -0.15) is 5.10 Å². The summed E-state index contributed by atoms with van der Waals surface area (Å²) in [5.74, 6) is 0. The summed E-state index contributed by atoms with van der Waals surface area (Å²) in [5, 5.41) is 3.45. The van der Waals surface area contributed by atoms with Crippen molar-refractivity contribution in [3.8, 4) is 0 Å². The Balaban J connectivity index is 2.54. The van der Waals surface area contributed by atoms with Gasteiger partial charge in [-0.05, 0) is 0 Å². The molecule has 0 radical (unpaired) electrons. The van der Waals surface area contributed by atoms with Crippen molar-refractivity contribution >= 4 is 16.2 Å². The van der Waals surface area contributed by atoms with Crippen LogP contribution < -0.4 is 4.83 Å². The molecular formula is C5H8N4O2S. The standard InChI is InChI=1S/C5H8N4O2S/c1-12(10,11)9-8-3-5-2-6-4-7-5/h2-4,9H,1H3,(H,6,7)/b8-3+. The molecule has 0 saturated carbocycles. The Hall–Kier alpha value is -1.37. The van der Waals surface area contributed by atoms with E-state index in [4.69, 9.17) is 0 Å². The van der Waals surface area contributed by atoms with Crippen LogP contribution in [-0.4, -0.2) is 30.9 Å². The minimum absolute atomic E-state index is 0.631. The number of sulfonamides is 1. The second kappa shape index (κ2) is 3.35. The van der Waals surface area contributed by atoms with Gasteiger partial charge in [-0.1, -0.05) is 0 Å². The Kier molecular flexibility index (Phi) is 2.44. The molecule has 0 unspecified atom stereocenters. The molecule has 1 aromatic rings. The smallest absolute Gasteiger partial charge is 0.244 e. The van der Waals surface area contributed by atoms with Crippen LogP contribution >= 0.6 is 0 Å². The van der Waals surface area contributed by atoms with Crippen LogP contribution in [0, 0.1) is 0 Å². The van der Waals surface area contributed by atoms with Gasteiger partial charge in [0.1, 0.15) is 0 Å². The highest BCUT2D eigenvalue weighted by molar-refractivity contribution is 7.88. The van der Waals surface area contributed by atoms with Crippen molar-refractivity contribution in [3.05, 3.63) is 18.2 Å². The molecule has 0 atom stereocenters. The second-order valence-electron chi connectivity index (χ2n) is 2.13. The number of nitrogens with zero attached hydrogens (tertiary/aromatic N) is 2. The Morgan fingerprint density at radius 3 is 3.00 bits per heavy atom. The van der Waals surface area contributed by atoms with E-state index in [1.54, 1.807) is 0 Å². The van der Waals surface area contributed by atoms with E-state index >= 15 is 0 Å². The summed E-state index contributed by atoms with van der Waals surface area (Å²) >= 11 is 0. The highest BCUT2D eigenvalue weighted by Gasteiger charge is 1.94. The molecule has 0 spiro atoms. The van der Waals surface area contributed by atoms with Gasteiger partial charge in [0.05, 0.1) is 30.7 Å². The number of hydrogen-bond donors (Lipinski definition) is 2. The minimum atomic E-state index is -3.26. The molecule has 1 heterocycles. The molecule has 0 aliphatic rings. The lowest BCUT2D eigenvalue weighted by Gasteiger charge is -1.92. The zero-order valence-electron chi connectivity index (χ0n) is 6.35. The lowest BCUT2D eigenvalue weighted by atomic mass is 10.5. The highest BCUT2D eigenvalue weighted by Crippen LogP contribution is 1.83. The Labute approximate surface area is 69.8 Å². The molecule has 2 N–H and O–H groups in total. The lowest BCUT2D eigenvalue weighted by molar-refractivity contribution is 0.591. The quantitative estimate of drug-likeness (QED) is 0.485. The Bertz CT molecular complexity index is 353. The highest BCUT2D eigenvalue weighted by atomic mass is 32.2. The van der Waals surface area contributed by atoms with Crippen LogP contribution in [0.4, 0.5) is 0 Å². The predicted octanol–water partition coefficient (Wildman–Crippen LogP) is -0.707. The number of imidazole rings is 1. The van der Waals surface area contributed by atoms with Crippen molar-refractivity contribution in [3.63, 3.8) is 0 Å². The van der Waals surface area contributed by atoms with E-state index in [0.29, 0.717) is 5.69 Å². The van der Waals surface area contributed by atoms with E-state index in [1.807, 2.05) is 4.83 Å². The Morgan fingerprint density at radius 1 is 1.75 bits per heavy atom. The zero-order chi connectivity index (χ0) is 9.03. The van der Waals surface area contributed by atoms with E-state index in [2.05, 4.69) is 15.1 Å². The monoisotopic (exact) mass is 188 g/mol. The fourth-order valence-corrected chi connectivity index (χ4v) is 0.773. The summed E-state index contributed by atoms with van der Waals surface area (Å²) in [4.78, 5) is 8.40. The first kappa shape index (κ1) is 8.72. The number of aromatic nitrogens is 2. The first-order valence-electron chi connectivity index (χ1n) is 3.06. The summed E-state index contributed by atoms with van der Waals surface area (Å²) in [6, 6.07) is 0. The summed E-state index contributed by atoms with van der Waals surface area (Å²) in [6.45, 7) is 0. The van der Waals surface area contributed by atoms with Crippen LogP contribution in [0.15, 0.2) is 17.6 Å². The first-order valence-corrected chi connectivity index (χ1v) is 4.95. The third kappa shape index (κ3) is 3.15. The molecule has 1 aromatic heterocycles. The number of hydrazone groups is 1. The molecule has 0 saturated heterocycles. The maximum absolute atomic E-state index is 10.5. The van der Waals surface area contributed by atoms with E-state index in [1.165, 1.54) is 18.7 Å². The number of hydrogen-bond acceptors (Lipinski definition) is 4. The molecule has 1 rings (SSSR count). The van der Waals surface area contributed by atoms with Crippen molar-refractivity contribution < 1.29 is 8.42 Å². The predicted molar refractivity (Wildman–Crippen MR) is 44.2 cm³/mol. The summed E-state index contributed by atoms with van der Waals surface area (Å²) in [6.07, 6.45) is 5.35. The molecule has 7 heteroatoms. The summed E-state index contributed by atoms with van der Waals surface area (Å²) < 4.78 is 21.0. The third-order valence-corrected chi connectivity index (χ3v) is 1.38. The molecular weight excluding hydrogens is 180 g/mol. The van der Waals surface area contributed by atoms with Crippen LogP contribution in [-0.2, 0) is 10.0 Å². The van der Waals surface area contributed by atoms with Gasteiger partial charge in [0.15, 0.2) is 0 Å². The van der Waals surface area contributed by atoms with Gasteiger partial charge in [-0.15, -0.1) is 0 Å². The van der Waals surface area contributed by atoms with Crippen LogP contribution in [0.3, 0.4) is 0 Å². The Morgan fingerprint density at radius 2 is 2.50 bits per heavy atom. The molecule has 0 fully saturated rings. The number of rotatable bonds is 3.